The number of benzene rings is 2. The van der Waals surface area contributed by atoms with Gasteiger partial charge in [-0.1, -0.05) is 42.0 Å². The molecule has 0 aromatic heterocycles. The van der Waals surface area contributed by atoms with Crippen LogP contribution in [0, 0.1) is 6.92 Å². The highest BCUT2D eigenvalue weighted by Crippen LogP contribution is 2.32. The fraction of sp³-hybridized carbons (Fsp3) is 0.381. The van der Waals surface area contributed by atoms with Crippen LogP contribution in [0.15, 0.2) is 53.4 Å². The molecule has 0 unspecified atom stereocenters. The standard InChI is InChI=1S/C21H26N2OS/c1-15-9-11-16(12-10-15)18-13-23(14-19(18)22(2)3)21(24)17-7-5-6-8-20(17)25-4/h5-12,18-19H,13-14H2,1-4H3/t18-,19+/m0/s1. The number of likely N-dealkylation sites (N-methyl/N-ethyl adjacent to an activating group) is 1. The number of carbonyl (C=O) groups excluding carboxylic acids is 1. The van der Waals surface area contributed by atoms with E-state index < -0.39 is 0 Å². The number of nitrogens with zero attached hydrogens (tertiary/aromatic N) is 2. The van der Waals surface area contributed by atoms with E-state index >= 15 is 0 Å². The van der Waals surface area contributed by atoms with Gasteiger partial charge in [0.1, 0.15) is 0 Å². The van der Waals surface area contributed by atoms with Crippen molar-refractivity contribution < 1.29 is 4.79 Å². The van der Waals surface area contributed by atoms with Gasteiger partial charge in [-0.05, 0) is 45.0 Å². The van der Waals surface area contributed by atoms with Crippen LogP contribution in [0.2, 0.25) is 0 Å². The van der Waals surface area contributed by atoms with Crippen LogP contribution in [0.4, 0.5) is 0 Å². The third-order valence-corrected chi connectivity index (χ3v) is 5.88. The summed E-state index contributed by atoms with van der Waals surface area (Å²) >= 11 is 1.63. The largest absolute Gasteiger partial charge is 0.336 e. The summed E-state index contributed by atoms with van der Waals surface area (Å²) in [6, 6.07) is 17.0. The second-order valence-electron chi connectivity index (χ2n) is 6.96. The predicted octanol–water partition coefficient (Wildman–Crippen LogP) is 3.89. The fourth-order valence-electron chi connectivity index (χ4n) is 3.61. The van der Waals surface area contributed by atoms with Gasteiger partial charge in [0, 0.05) is 29.9 Å². The molecule has 132 valence electrons. The van der Waals surface area contributed by atoms with Crippen molar-refractivity contribution >= 4 is 17.7 Å². The number of thioether (sulfide) groups is 1. The molecule has 0 saturated carbocycles. The summed E-state index contributed by atoms with van der Waals surface area (Å²) in [5.74, 6) is 0.493. The van der Waals surface area contributed by atoms with E-state index in [1.807, 2.05) is 35.4 Å². The lowest BCUT2D eigenvalue weighted by Crippen LogP contribution is -2.36. The molecule has 4 heteroatoms. The maximum atomic E-state index is 13.1. The van der Waals surface area contributed by atoms with Gasteiger partial charge in [0.2, 0.25) is 0 Å². The highest BCUT2D eigenvalue weighted by Gasteiger charge is 2.37. The minimum atomic E-state index is 0.145. The molecule has 1 heterocycles. The van der Waals surface area contributed by atoms with Crippen LogP contribution in [0.3, 0.4) is 0 Å². The Bertz CT molecular complexity index is 742. The van der Waals surface area contributed by atoms with Crippen molar-refractivity contribution in [2.24, 2.45) is 0 Å². The number of rotatable bonds is 4. The first-order valence-electron chi connectivity index (χ1n) is 8.66. The first-order valence-corrected chi connectivity index (χ1v) is 9.89. The summed E-state index contributed by atoms with van der Waals surface area (Å²) < 4.78 is 0. The smallest absolute Gasteiger partial charge is 0.255 e. The summed E-state index contributed by atoms with van der Waals surface area (Å²) in [6.45, 7) is 3.65. The van der Waals surface area contributed by atoms with E-state index in [9.17, 15) is 4.79 Å². The van der Waals surface area contributed by atoms with Crippen molar-refractivity contribution in [2.75, 3.05) is 33.4 Å². The lowest BCUT2D eigenvalue weighted by molar-refractivity contribution is 0.0779. The van der Waals surface area contributed by atoms with Crippen LogP contribution in [-0.2, 0) is 0 Å². The van der Waals surface area contributed by atoms with Crippen molar-refractivity contribution in [3.05, 3.63) is 65.2 Å². The van der Waals surface area contributed by atoms with Gasteiger partial charge in [-0.3, -0.25) is 4.79 Å². The minimum Gasteiger partial charge on any atom is -0.336 e. The number of carbonyl (C=O) groups is 1. The molecule has 2 atom stereocenters. The Balaban J connectivity index is 1.87. The lowest BCUT2D eigenvalue weighted by Gasteiger charge is -2.25. The zero-order chi connectivity index (χ0) is 18.0. The molecule has 1 amide bonds. The van der Waals surface area contributed by atoms with E-state index in [1.54, 1.807) is 11.8 Å². The third kappa shape index (κ3) is 3.75. The van der Waals surface area contributed by atoms with Gasteiger partial charge in [0.15, 0.2) is 0 Å². The molecule has 0 radical (unpaired) electrons. The molecule has 2 aromatic carbocycles. The van der Waals surface area contributed by atoms with Crippen LogP contribution in [0.25, 0.3) is 0 Å². The average molecular weight is 355 g/mol. The van der Waals surface area contributed by atoms with Gasteiger partial charge in [0.05, 0.1) is 5.56 Å². The summed E-state index contributed by atoms with van der Waals surface area (Å²) in [5.41, 5.74) is 3.40. The Morgan fingerprint density at radius 2 is 1.76 bits per heavy atom. The van der Waals surface area contributed by atoms with Gasteiger partial charge in [-0.25, -0.2) is 0 Å². The molecule has 25 heavy (non-hydrogen) atoms. The molecule has 0 spiro atoms. The van der Waals surface area contributed by atoms with Gasteiger partial charge in [-0.2, -0.15) is 0 Å². The maximum absolute atomic E-state index is 13.1. The highest BCUT2D eigenvalue weighted by molar-refractivity contribution is 7.98. The Labute approximate surface area is 155 Å². The molecule has 1 saturated heterocycles. The third-order valence-electron chi connectivity index (χ3n) is 5.08. The van der Waals surface area contributed by atoms with Crippen molar-refractivity contribution in [3.8, 4) is 0 Å². The van der Waals surface area contributed by atoms with Crippen LogP contribution < -0.4 is 0 Å². The quantitative estimate of drug-likeness (QED) is 0.779. The van der Waals surface area contributed by atoms with Crippen LogP contribution >= 0.6 is 11.8 Å². The molecule has 2 aromatic rings. The molecule has 3 nitrogen and oxygen atoms in total. The molecular formula is C21H26N2OS. The predicted molar refractivity (Wildman–Crippen MR) is 106 cm³/mol. The maximum Gasteiger partial charge on any atom is 0.255 e. The summed E-state index contributed by atoms with van der Waals surface area (Å²) in [4.78, 5) is 18.4. The SMILES string of the molecule is CSc1ccccc1C(=O)N1C[C@@H](N(C)C)[C@H](c2ccc(C)cc2)C1. The van der Waals surface area contributed by atoms with E-state index in [0.29, 0.717) is 12.0 Å². The Morgan fingerprint density at radius 1 is 1.08 bits per heavy atom. The van der Waals surface area contributed by atoms with Gasteiger partial charge < -0.3 is 9.80 Å². The summed E-state index contributed by atoms with van der Waals surface area (Å²) in [6.07, 6.45) is 2.02. The van der Waals surface area contributed by atoms with Gasteiger partial charge in [-0.15, -0.1) is 11.8 Å². The first-order chi connectivity index (χ1) is 12.0. The molecule has 0 aliphatic carbocycles. The monoisotopic (exact) mass is 354 g/mol. The van der Waals surface area contributed by atoms with Crippen molar-refractivity contribution in [1.82, 2.24) is 9.80 Å². The first kappa shape index (κ1) is 18.0. The molecular weight excluding hydrogens is 328 g/mol. The van der Waals surface area contributed by atoms with Crippen LogP contribution in [-0.4, -0.2) is 55.2 Å². The number of hydrogen-bond acceptors (Lipinski definition) is 3. The Kier molecular flexibility index (Phi) is 5.50. The average Bonchev–Trinajstić information content (AvgIpc) is 3.07. The number of aryl methyl sites for hydroxylation is 1. The Hall–Kier alpha value is -1.78. The minimum absolute atomic E-state index is 0.145. The van der Waals surface area contributed by atoms with E-state index in [2.05, 4.69) is 50.2 Å². The molecule has 0 bridgehead atoms. The second kappa shape index (κ2) is 7.63. The number of hydrogen-bond donors (Lipinski definition) is 0. The van der Waals surface area contributed by atoms with E-state index in [1.165, 1.54) is 11.1 Å². The normalized spacial score (nSPS) is 20.3. The summed E-state index contributed by atoms with van der Waals surface area (Å²) in [5, 5.41) is 0. The van der Waals surface area contributed by atoms with E-state index in [0.717, 1.165) is 23.5 Å². The van der Waals surface area contributed by atoms with Crippen molar-refractivity contribution in [1.29, 1.82) is 0 Å². The number of likely N-dealkylation sites (tertiary alicyclic amines) is 1. The molecule has 1 aliphatic heterocycles. The lowest BCUT2D eigenvalue weighted by atomic mass is 9.93. The fourth-order valence-corrected chi connectivity index (χ4v) is 4.20. The molecule has 3 rings (SSSR count). The molecule has 1 aliphatic rings. The van der Waals surface area contributed by atoms with Crippen LogP contribution in [0.1, 0.15) is 27.4 Å². The second-order valence-corrected chi connectivity index (χ2v) is 7.81. The zero-order valence-corrected chi connectivity index (χ0v) is 16.2. The Morgan fingerprint density at radius 3 is 2.40 bits per heavy atom. The molecule has 0 N–H and O–H groups in total. The van der Waals surface area contributed by atoms with Crippen molar-refractivity contribution in [3.63, 3.8) is 0 Å². The summed E-state index contributed by atoms with van der Waals surface area (Å²) in [7, 11) is 4.21. The highest BCUT2D eigenvalue weighted by atomic mass is 32.2. The molecule has 1 fully saturated rings. The van der Waals surface area contributed by atoms with Crippen LogP contribution in [0.5, 0.6) is 0 Å². The van der Waals surface area contributed by atoms with Gasteiger partial charge >= 0.3 is 0 Å². The van der Waals surface area contributed by atoms with E-state index in [4.69, 9.17) is 0 Å². The topological polar surface area (TPSA) is 23.6 Å². The van der Waals surface area contributed by atoms with E-state index in [-0.39, 0.29) is 5.91 Å². The van der Waals surface area contributed by atoms with Gasteiger partial charge in [0.25, 0.3) is 5.91 Å². The number of amides is 1. The van der Waals surface area contributed by atoms with Crippen molar-refractivity contribution in [2.45, 2.75) is 23.8 Å². The zero-order valence-electron chi connectivity index (χ0n) is 15.4.